The van der Waals surface area contributed by atoms with Crippen molar-refractivity contribution < 1.29 is 19.1 Å². The number of ketones is 1. The Labute approximate surface area is 204 Å². The lowest BCUT2D eigenvalue weighted by Gasteiger charge is -2.43. The Morgan fingerprint density at radius 1 is 1.19 bits per heavy atom. The smallest absolute Gasteiger partial charge is 0.412 e. The number of anilines is 1. The summed E-state index contributed by atoms with van der Waals surface area (Å²) in [5.74, 6) is 0.0603. The number of thioether (sulfide) groups is 1. The second-order valence-electron chi connectivity index (χ2n) is 9.09. The van der Waals surface area contributed by atoms with Gasteiger partial charge >= 0.3 is 6.09 Å². The molecule has 170 valence electrons. The number of thiophene rings is 1. The van der Waals surface area contributed by atoms with Gasteiger partial charge in [0.15, 0.2) is 5.78 Å². The molecular weight excluding hydrogens is 512 g/mol. The summed E-state index contributed by atoms with van der Waals surface area (Å²) >= 11 is 6.48. The number of benzene rings is 1. The number of Topliss-reactive ketones (excluding diaryl/α,β-unsaturated/α-hetero) is 1. The third kappa shape index (κ3) is 5.05. The fourth-order valence-corrected chi connectivity index (χ4v) is 6.99. The first-order valence-electron chi connectivity index (χ1n) is 10.5. The average Bonchev–Trinajstić information content (AvgIpc) is 3.06. The summed E-state index contributed by atoms with van der Waals surface area (Å²) in [6, 6.07) is 9.50. The van der Waals surface area contributed by atoms with Crippen molar-refractivity contribution in [3.63, 3.8) is 0 Å². The molecule has 1 aromatic heterocycles. The van der Waals surface area contributed by atoms with Crippen LogP contribution in [0, 0.1) is 0 Å². The summed E-state index contributed by atoms with van der Waals surface area (Å²) in [4.78, 5) is 41.0. The number of fused-ring (bicyclic) bond motifs is 1. The van der Waals surface area contributed by atoms with Gasteiger partial charge in [0, 0.05) is 34.7 Å². The molecule has 0 atom stereocenters. The first-order chi connectivity index (χ1) is 15.1. The molecule has 0 radical (unpaired) electrons. The number of likely N-dealkylation sites (tertiary alicyclic amines) is 1. The van der Waals surface area contributed by atoms with Crippen LogP contribution in [0.5, 0.6) is 0 Å². The van der Waals surface area contributed by atoms with Crippen molar-refractivity contribution in [1.29, 1.82) is 0 Å². The quantitative estimate of drug-likeness (QED) is 0.493. The van der Waals surface area contributed by atoms with Crippen molar-refractivity contribution in [2.45, 2.75) is 55.3 Å². The summed E-state index contributed by atoms with van der Waals surface area (Å²) in [6.07, 6.45) is 1.42. The van der Waals surface area contributed by atoms with Gasteiger partial charge in [-0.3, -0.25) is 14.9 Å². The normalized spacial score (nSPS) is 17.8. The zero-order chi connectivity index (χ0) is 23.1. The molecule has 9 heteroatoms. The van der Waals surface area contributed by atoms with Gasteiger partial charge in [-0.05, 0) is 61.7 Å². The van der Waals surface area contributed by atoms with Gasteiger partial charge in [0.05, 0.1) is 9.35 Å². The van der Waals surface area contributed by atoms with Crippen molar-refractivity contribution in [2.75, 3.05) is 18.4 Å². The van der Waals surface area contributed by atoms with Crippen LogP contribution in [0.1, 0.15) is 60.7 Å². The third-order valence-electron chi connectivity index (χ3n) is 5.51. The van der Waals surface area contributed by atoms with Crippen LogP contribution in [0.4, 0.5) is 9.80 Å². The van der Waals surface area contributed by atoms with Crippen molar-refractivity contribution in [1.82, 2.24) is 4.90 Å². The number of hydrogen-bond donors (Lipinski definition) is 1. The maximum absolute atomic E-state index is 13.3. The largest absolute Gasteiger partial charge is 0.444 e. The van der Waals surface area contributed by atoms with Gasteiger partial charge in [0.25, 0.3) is 5.91 Å². The summed E-state index contributed by atoms with van der Waals surface area (Å²) in [6.45, 7) is 6.51. The first-order valence-corrected chi connectivity index (χ1v) is 12.9. The molecule has 1 saturated heterocycles. The number of halogens is 1. The summed E-state index contributed by atoms with van der Waals surface area (Å²) in [7, 11) is 0. The molecule has 2 amide bonds. The van der Waals surface area contributed by atoms with Gasteiger partial charge in [0.1, 0.15) is 10.6 Å². The predicted octanol–water partition coefficient (Wildman–Crippen LogP) is 6.21. The molecule has 1 N–H and O–H groups in total. The van der Waals surface area contributed by atoms with E-state index in [0.29, 0.717) is 30.1 Å². The molecule has 2 aromatic rings. The maximum Gasteiger partial charge on any atom is 0.412 e. The van der Waals surface area contributed by atoms with Crippen LogP contribution in [-0.4, -0.2) is 46.1 Å². The van der Waals surface area contributed by atoms with E-state index in [4.69, 9.17) is 4.74 Å². The number of nitrogens with zero attached hydrogens (tertiary/aromatic N) is 1. The van der Waals surface area contributed by atoms with E-state index in [0.717, 1.165) is 27.1 Å². The molecule has 0 aliphatic carbocycles. The van der Waals surface area contributed by atoms with Crippen molar-refractivity contribution in [3.8, 4) is 0 Å². The van der Waals surface area contributed by atoms with E-state index in [2.05, 4.69) is 21.2 Å². The molecule has 0 bridgehead atoms. The Kier molecular flexibility index (Phi) is 6.44. The van der Waals surface area contributed by atoms with E-state index in [9.17, 15) is 14.4 Å². The van der Waals surface area contributed by atoms with E-state index in [-0.39, 0.29) is 16.4 Å². The summed E-state index contributed by atoms with van der Waals surface area (Å²) < 4.78 is 5.92. The van der Waals surface area contributed by atoms with Crippen LogP contribution >= 0.6 is 39.0 Å². The number of hydrogen-bond acceptors (Lipinski definition) is 6. The minimum absolute atomic E-state index is 0.125. The summed E-state index contributed by atoms with van der Waals surface area (Å²) in [5, 5.41) is 3.18. The van der Waals surface area contributed by atoms with Gasteiger partial charge in [0.2, 0.25) is 0 Å². The van der Waals surface area contributed by atoms with Crippen molar-refractivity contribution in [3.05, 3.63) is 45.2 Å². The monoisotopic (exact) mass is 536 g/mol. The molecule has 0 saturated carbocycles. The molecule has 0 unspecified atom stereocenters. The van der Waals surface area contributed by atoms with Crippen LogP contribution in [0.15, 0.2) is 39.0 Å². The maximum atomic E-state index is 13.3. The van der Waals surface area contributed by atoms with Gasteiger partial charge in [-0.15, -0.1) is 23.1 Å². The number of nitrogens with one attached hydrogen (secondary N) is 1. The van der Waals surface area contributed by atoms with E-state index in [1.54, 1.807) is 38.6 Å². The Morgan fingerprint density at radius 2 is 1.88 bits per heavy atom. The number of carbonyl (C=O) groups excluding carboxylic acids is 3. The van der Waals surface area contributed by atoms with Crippen LogP contribution in [-0.2, 0) is 4.74 Å². The molecule has 2 aliphatic heterocycles. The predicted molar refractivity (Wildman–Crippen MR) is 131 cm³/mol. The Morgan fingerprint density at radius 3 is 2.56 bits per heavy atom. The van der Waals surface area contributed by atoms with Crippen molar-refractivity contribution >= 4 is 61.8 Å². The lowest BCUT2D eigenvalue weighted by molar-refractivity contribution is 0.0636. The van der Waals surface area contributed by atoms with Crippen molar-refractivity contribution in [2.24, 2.45) is 0 Å². The van der Waals surface area contributed by atoms with Crippen LogP contribution in [0.3, 0.4) is 0 Å². The number of piperidine rings is 1. The molecule has 3 heterocycles. The fourth-order valence-electron chi connectivity index (χ4n) is 4.02. The highest BCUT2D eigenvalue weighted by Crippen LogP contribution is 2.49. The zero-order valence-corrected chi connectivity index (χ0v) is 21.4. The van der Waals surface area contributed by atoms with Crippen LogP contribution in [0.2, 0.25) is 0 Å². The lowest BCUT2D eigenvalue weighted by atomic mass is 9.88. The second-order valence-corrected chi connectivity index (χ2v) is 13.0. The molecule has 1 aromatic carbocycles. The minimum Gasteiger partial charge on any atom is -0.444 e. The van der Waals surface area contributed by atoms with Gasteiger partial charge in [-0.25, -0.2) is 4.79 Å². The fraction of sp³-hybridized carbons (Fsp3) is 0.435. The van der Waals surface area contributed by atoms with Gasteiger partial charge in [-0.2, -0.15) is 0 Å². The first kappa shape index (κ1) is 23.3. The van der Waals surface area contributed by atoms with E-state index in [1.807, 2.05) is 29.2 Å². The van der Waals surface area contributed by atoms with E-state index in [1.165, 1.54) is 11.3 Å². The zero-order valence-electron chi connectivity index (χ0n) is 18.2. The molecule has 1 fully saturated rings. The number of ether oxygens (including phenoxy) is 1. The molecular formula is C23H25BrN2O4S2. The Bertz CT molecular complexity index is 1070. The molecule has 6 nitrogen and oxygen atoms in total. The summed E-state index contributed by atoms with van der Waals surface area (Å²) in [5.41, 5.74) is 0.626. The highest BCUT2D eigenvalue weighted by atomic mass is 79.9. The molecule has 4 rings (SSSR count). The van der Waals surface area contributed by atoms with Gasteiger partial charge < -0.3 is 9.64 Å². The highest BCUT2D eigenvalue weighted by molar-refractivity contribution is 9.11. The van der Waals surface area contributed by atoms with Crippen LogP contribution < -0.4 is 5.32 Å². The Balaban J connectivity index is 1.45. The third-order valence-corrected chi connectivity index (χ3v) is 8.62. The standard InChI is InChI=1S/C23H25BrN2O4S2/c1-22(2,3)30-21(29)25-19-15(12-18(24)31-19)20(28)26-10-8-23(9-11-26)13-16(27)14-6-4-5-7-17(14)32-23/h4-7,12H,8-11,13H2,1-3H3,(H,25,29). The second kappa shape index (κ2) is 8.83. The topological polar surface area (TPSA) is 75.7 Å². The number of rotatable bonds is 2. The minimum atomic E-state index is -0.627. The van der Waals surface area contributed by atoms with E-state index < -0.39 is 11.7 Å². The molecule has 1 spiro atoms. The highest BCUT2D eigenvalue weighted by Gasteiger charge is 2.42. The Hall–Kier alpha value is -1.84. The molecule has 2 aliphatic rings. The number of carbonyl (C=O) groups is 3. The lowest BCUT2D eigenvalue weighted by Crippen LogP contribution is -2.47. The van der Waals surface area contributed by atoms with E-state index >= 15 is 0 Å². The van der Waals surface area contributed by atoms with Gasteiger partial charge in [-0.1, -0.05) is 18.2 Å². The number of amides is 2. The SMILES string of the molecule is CC(C)(C)OC(=O)Nc1sc(Br)cc1C(=O)N1CCC2(CC1)CC(=O)c1ccccc1S2. The van der Waals surface area contributed by atoms with Crippen LogP contribution in [0.25, 0.3) is 0 Å². The molecule has 32 heavy (non-hydrogen) atoms. The average molecular weight is 538 g/mol.